The molecule has 0 fully saturated rings. The summed E-state index contributed by atoms with van der Waals surface area (Å²) in [5, 5.41) is 21.6. The topological polar surface area (TPSA) is 40.5 Å². The Bertz CT molecular complexity index is 583. The van der Waals surface area contributed by atoms with Crippen molar-refractivity contribution in [2.24, 2.45) is 0 Å². The SMILES string of the molecule is CCCCCCCCc1c(O)c(O)c(Br)c(CCCCCCCC)c1CCCCCCCC. The molecule has 0 bridgehead atoms. The Kier molecular flexibility index (Phi) is 18.0. The van der Waals surface area contributed by atoms with Crippen LogP contribution in [0.25, 0.3) is 0 Å². The summed E-state index contributed by atoms with van der Waals surface area (Å²) >= 11 is 3.65. The van der Waals surface area contributed by atoms with Gasteiger partial charge in [-0.15, -0.1) is 0 Å². The van der Waals surface area contributed by atoms with Crippen LogP contribution in [0.1, 0.15) is 153 Å². The van der Waals surface area contributed by atoms with Gasteiger partial charge in [0, 0.05) is 5.56 Å². The molecule has 0 radical (unpaired) electrons. The van der Waals surface area contributed by atoms with Gasteiger partial charge in [0.2, 0.25) is 0 Å². The van der Waals surface area contributed by atoms with E-state index in [1.54, 1.807) is 0 Å². The lowest BCUT2D eigenvalue weighted by atomic mass is 9.89. The number of halogens is 1. The molecule has 0 aliphatic rings. The zero-order valence-corrected chi connectivity index (χ0v) is 23.7. The second kappa shape index (κ2) is 19.6. The van der Waals surface area contributed by atoms with Crippen LogP contribution in [0.15, 0.2) is 4.47 Å². The van der Waals surface area contributed by atoms with Gasteiger partial charge in [-0.05, 0) is 65.6 Å². The molecule has 1 aromatic rings. The van der Waals surface area contributed by atoms with Crippen molar-refractivity contribution >= 4 is 15.9 Å². The number of phenolic OH excluding ortho intramolecular Hbond substituents is 2. The predicted octanol–water partition coefficient (Wildman–Crippen LogP) is 10.6. The summed E-state index contributed by atoms with van der Waals surface area (Å²) in [6.45, 7) is 6.78. The Morgan fingerprint density at radius 2 is 0.758 bits per heavy atom. The van der Waals surface area contributed by atoms with E-state index in [2.05, 4.69) is 36.7 Å². The molecular weight excluding hydrogens is 472 g/mol. The maximum atomic E-state index is 10.9. The molecular formula is C30H53BrO2. The van der Waals surface area contributed by atoms with Crippen LogP contribution in [0.3, 0.4) is 0 Å². The van der Waals surface area contributed by atoms with Crippen molar-refractivity contribution in [1.29, 1.82) is 0 Å². The van der Waals surface area contributed by atoms with Crippen LogP contribution in [0.2, 0.25) is 0 Å². The van der Waals surface area contributed by atoms with Crippen LogP contribution in [-0.2, 0) is 19.3 Å². The molecule has 192 valence electrons. The highest BCUT2D eigenvalue weighted by atomic mass is 79.9. The maximum Gasteiger partial charge on any atom is 0.172 e. The zero-order valence-electron chi connectivity index (χ0n) is 22.1. The fourth-order valence-corrected chi connectivity index (χ4v) is 5.55. The zero-order chi connectivity index (χ0) is 24.3. The van der Waals surface area contributed by atoms with Gasteiger partial charge < -0.3 is 10.2 Å². The first kappa shape index (κ1) is 30.3. The second-order valence-electron chi connectivity index (χ2n) is 10.0. The van der Waals surface area contributed by atoms with Gasteiger partial charge in [0.25, 0.3) is 0 Å². The number of unbranched alkanes of at least 4 members (excludes halogenated alkanes) is 15. The van der Waals surface area contributed by atoms with Gasteiger partial charge in [0.15, 0.2) is 11.5 Å². The Balaban J connectivity index is 2.90. The van der Waals surface area contributed by atoms with Crippen molar-refractivity contribution in [3.05, 3.63) is 21.2 Å². The Labute approximate surface area is 214 Å². The fraction of sp³-hybridized carbons (Fsp3) is 0.800. The molecule has 1 aromatic carbocycles. The van der Waals surface area contributed by atoms with Gasteiger partial charge >= 0.3 is 0 Å². The third kappa shape index (κ3) is 12.0. The Morgan fingerprint density at radius 3 is 1.18 bits per heavy atom. The van der Waals surface area contributed by atoms with Crippen molar-refractivity contribution in [3.63, 3.8) is 0 Å². The molecule has 0 unspecified atom stereocenters. The number of phenols is 2. The number of benzene rings is 1. The van der Waals surface area contributed by atoms with E-state index < -0.39 is 0 Å². The number of rotatable bonds is 21. The molecule has 0 aliphatic heterocycles. The lowest BCUT2D eigenvalue weighted by Crippen LogP contribution is -2.04. The van der Waals surface area contributed by atoms with Gasteiger partial charge in [-0.1, -0.05) is 117 Å². The summed E-state index contributed by atoms with van der Waals surface area (Å²) in [6.07, 6.45) is 25.7. The molecule has 0 atom stereocenters. The molecule has 2 N–H and O–H groups in total. The minimum atomic E-state index is 0.0589. The standard InChI is InChI=1S/C30H53BrO2/c1-4-7-10-13-16-19-22-25-26(23-20-17-14-11-8-5-2)28(31)30(33)29(32)27(25)24-21-18-15-12-9-6-3/h32-33H,4-24H2,1-3H3. The predicted molar refractivity (Wildman–Crippen MR) is 149 cm³/mol. The lowest BCUT2D eigenvalue weighted by Gasteiger charge is -2.20. The van der Waals surface area contributed by atoms with Crippen molar-refractivity contribution < 1.29 is 10.2 Å². The average molecular weight is 526 g/mol. The second-order valence-corrected chi connectivity index (χ2v) is 10.8. The van der Waals surface area contributed by atoms with Crippen LogP contribution < -0.4 is 0 Å². The van der Waals surface area contributed by atoms with E-state index in [1.807, 2.05) is 0 Å². The summed E-state index contributed by atoms with van der Waals surface area (Å²) in [7, 11) is 0. The van der Waals surface area contributed by atoms with Gasteiger partial charge in [-0.25, -0.2) is 0 Å². The highest BCUT2D eigenvalue weighted by molar-refractivity contribution is 9.10. The molecule has 3 heteroatoms. The third-order valence-electron chi connectivity index (χ3n) is 7.05. The minimum absolute atomic E-state index is 0.0589. The molecule has 0 aromatic heterocycles. The van der Waals surface area contributed by atoms with Crippen LogP contribution in [0.4, 0.5) is 0 Å². The number of aromatic hydroxyl groups is 2. The van der Waals surface area contributed by atoms with Crippen LogP contribution in [-0.4, -0.2) is 10.2 Å². The summed E-state index contributed by atoms with van der Waals surface area (Å²) in [4.78, 5) is 0. The van der Waals surface area contributed by atoms with Crippen LogP contribution in [0, 0.1) is 0 Å². The lowest BCUT2D eigenvalue weighted by molar-refractivity contribution is 0.394. The minimum Gasteiger partial charge on any atom is -0.504 e. The van der Waals surface area contributed by atoms with Gasteiger partial charge in [0.1, 0.15) is 0 Å². The molecule has 33 heavy (non-hydrogen) atoms. The summed E-state index contributed by atoms with van der Waals surface area (Å²) in [6, 6.07) is 0. The van der Waals surface area contributed by atoms with E-state index in [4.69, 9.17) is 0 Å². The largest absolute Gasteiger partial charge is 0.504 e. The van der Waals surface area contributed by atoms with E-state index in [0.717, 1.165) is 42.1 Å². The van der Waals surface area contributed by atoms with Gasteiger partial charge in [-0.2, -0.15) is 0 Å². The number of hydrogen-bond donors (Lipinski definition) is 2. The van der Waals surface area contributed by atoms with Gasteiger partial charge in [-0.3, -0.25) is 0 Å². The van der Waals surface area contributed by atoms with E-state index in [-0.39, 0.29) is 11.5 Å². The smallest absolute Gasteiger partial charge is 0.172 e. The van der Waals surface area contributed by atoms with E-state index in [9.17, 15) is 10.2 Å². The number of hydrogen-bond acceptors (Lipinski definition) is 2. The molecule has 0 spiro atoms. The highest BCUT2D eigenvalue weighted by Gasteiger charge is 2.21. The van der Waals surface area contributed by atoms with Gasteiger partial charge in [0.05, 0.1) is 4.47 Å². The molecule has 2 nitrogen and oxygen atoms in total. The summed E-state index contributed by atoms with van der Waals surface area (Å²) in [5.74, 6) is 0.187. The molecule has 0 aliphatic carbocycles. The first-order valence-electron chi connectivity index (χ1n) is 14.3. The van der Waals surface area contributed by atoms with Crippen molar-refractivity contribution in [2.75, 3.05) is 0 Å². The monoisotopic (exact) mass is 524 g/mol. The van der Waals surface area contributed by atoms with E-state index >= 15 is 0 Å². The Morgan fingerprint density at radius 1 is 0.424 bits per heavy atom. The maximum absolute atomic E-state index is 10.9. The first-order valence-corrected chi connectivity index (χ1v) is 15.1. The van der Waals surface area contributed by atoms with Crippen LogP contribution >= 0.6 is 15.9 Å². The van der Waals surface area contributed by atoms with Crippen molar-refractivity contribution in [2.45, 2.75) is 156 Å². The van der Waals surface area contributed by atoms with Crippen molar-refractivity contribution in [1.82, 2.24) is 0 Å². The van der Waals surface area contributed by atoms with Crippen molar-refractivity contribution in [3.8, 4) is 11.5 Å². The third-order valence-corrected chi connectivity index (χ3v) is 7.91. The highest BCUT2D eigenvalue weighted by Crippen LogP contribution is 2.44. The quantitative estimate of drug-likeness (QED) is 0.124. The van der Waals surface area contributed by atoms with E-state index in [1.165, 1.54) is 114 Å². The summed E-state index contributed by atoms with van der Waals surface area (Å²) < 4.78 is 0.737. The van der Waals surface area contributed by atoms with E-state index in [0.29, 0.717) is 0 Å². The van der Waals surface area contributed by atoms with Crippen LogP contribution in [0.5, 0.6) is 11.5 Å². The molecule has 0 heterocycles. The molecule has 0 saturated heterocycles. The molecule has 0 amide bonds. The average Bonchev–Trinajstić information content (AvgIpc) is 2.82. The summed E-state index contributed by atoms with van der Waals surface area (Å²) in [5.41, 5.74) is 3.62. The normalized spacial score (nSPS) is 11.4. The first-order chi connectivity index (χ1) is 16.1. The fourth-order valence-electron chi connectivity index (χ4n) is 4.93. The molecule has 1 rings (SSSR count). The molecule has 0 saturated carbocycles. The Hall–Kier alpha value is -0.700.